The van der Waals surface area contributed by atoms with Gasteiger partial charge in [-0.2, -0.15) is 0 Å². The van der Waals surface area contributed by atoms with Crippen molar-refractivity contribution in [3.63, 3.8) is 0 Å². The second-order valence-electron chi connectivity index (χ2n) is 4.71. The van der Waals surface area contributed by atoms with Gasteiger partial charge >= 0.3 is 0 Å². The highest BCUT2D eigenvalue weighted by atomic mass is 35.5. The molecule has 0 spiro atoms. The molecule has 0 saturated carbocycles. The molecule has 0 atom stereocenters. The fourth-order valence-corrected chi connectivity index (χ4v) is 2.10. The summed E-state index contributed by atoms with van der Waals surface area (Å²) in [6.07, 6.45) is 3.20. The van der Waals surface area contributed by atoms with Gasteiger partial charge in [-0.25, -0.2) is 0 Å². The number of carbonyl (C=O) groups excluding carboxylic acids is 1. The van der Waals surface area contributed by atoms with Gasteiger partial charge in [-0.1, -0.05) is 29.3 Å². The Morgan fingerprint density at radius 1 is 1.24 bits per heavy atom. The lowest BCUT2D eigenvalue weighted by Gasteiger charge is -2.13. The molecular formula is C16H15Cl2NO2. The zero-order chi connectivity index (χ0) is 15.4. The van der Waals surface area contributed by atoms with E-state index in [9.17, 15) is 4.79 Å². The number of hydrogen-bond donors (Lipinski definition) is 0. The Kier molecular flexibility index (Phi) is 5.10. The fraction of sp³-hybridized carbons (Fsp3) is 0.188. The molecule has 0 aliphatic rings. The normalized spacial score (nSPS) is 11.0. The zero-order valence-corrected chi connectivity index (χ0v) is 13.3. The van der Waals surface area contributed by atoms with Crippen LogP contribution in [0.3, 0.4) is 0 Å². The van der Waals surface area contributed by atoms with Gasteiger partial charge in [-0.3, -0.25) is 4.79 Å². The SMILES string of the molecule is Cc1ccc(CN(C)C(=O)/C=C/c2ccc(Cl)c(Cl)c2)o1. The van der Waals surface area contributed by atoms with Gasteiger partial charge in [0.2, 0.25) is 5.91 Å². The largest absolute Gasteiger partial charge is 0.464 e. The molecule has 2 rings (SSSR count). The third-order valence-corrected chi connectivity index (χ3v) is 3.67. The maximum atomic E-state index is 12.0. The first-order valence-electron chi connectivity index (χ1n) is 6.39. The Bertz CT molecular complexity index is 677. The van der Waals surface area contributed by atoms with Crippen LogP contribution < -0.4 is 0 Å². The average Bonchev–Trinajstić information content (AvgIpc) is 2.85. The molecule has 0 aliphatic carbocycles. The van der Waals surface area contributed by atoms with Crippen LogP contribution >= 0.6 is 23.2 Å². The third-order valence-electron chi connectivity index (χ3n) is 2.93. The molecule has 0 fully saturated rings. The molecule has 3 nitrogen and oxygen atoms in total. The van der Waals surface area contributed by atoms with E-state index in [2.05, 4.69) is 0 Å². The van der Waals surface area contributed by atoms with Gasteiger partial charge in [0, 0.05) is 13.1 Å². The highest BCUT2D eigenvalue weighted by molar-refractivity contribution is 6.42. The topological polar surface area (TPSA) is 33.5 Å². The number of benzene rings is 1. The third kappa shape index (κ3) is 4.38. The Morgan fingerprint density at radius 3 is 2.62 bits per heavy atom. The van der Waals surface area contributed by atoms with Crippen molar-refractivity contribution in [1.82, 2.24) is 4.90 Å². The van der Waals surface area contributed by atoms with Crippen molar-refractivity contribution in [3.8, 4) is 0 Å². The maximum Gasteiger partial charge on any atom is 0.246 e. The molecule has 5 heteroatoms. The first kappa shape index (κ1) is 15.7. The zero-order valence-electron chi connectivity index (χ0n) is 11.8. The van der Waals surface area contributed by atoms with Crippen LogP contribution in [0.2, 0.25) is 10.0 Å². The molecule has 110 valence electrons. The summed E-state index contributed by atoms with van der Waals surface area (Å²) in [5.74, 6) is 1.47. The number of rotatable bonds is 4. The molecule has 1 aromatic heterocycles. The lowest BCUT2D eigenvalue weighted by atomic mass is 10.2. The van der Waals surface area contributed by atoms with E-state index < -0.39 is 0 Å². The smallest absolute Gasteiger partial charge is 0.246 e. The molecule has 0 radical (unpaired) electrons. The summed E-state index contributed by atoms with van der Waals surface area (Å²) in [6, 6.07) is 8.95. The van der Waals surface area contributed by atoms with E-state index in [1.54, 1.807) is 36.2 Å². The van der Waals surface area contributed by atoms with Crippen molar-refractivity contribution in [2.24, 2.45) is 0 Å². The van der Waals surface area contributed by atoms with Gasteiger partial charge in [0.1, 0.15) is 11.5 Å². The lowest BCUT2D eigenvalue weighted by Crippen LogP contribution is -2.23. The predicted molar refractivity (Wildman–Crippen MR) is 85.4 cm³/mol. The van der Waals surface area contributed by atoms with Crippen molar-refractivity contribution in [3.05, 3.63) is 63.5 Å². The van der Waals surface area contributed by atoms with Crippen LogP contribution in [0.25, 0.3) is 6.08 Å². The van der Waals surface area contributed by atoms with Crippen LogP contribution in [0.1, 0.15) is 17.1 Å². The summed E-state index contributed by atoms with van der Waals surface area (Å²) in [6.45, 7) is 2.30. The molecule has 1 amide bonds. The van der Waals surface area contributed by atoms with E-state index in [1.165, 1.54) is 6.08 Å². The van der Waals surface area contributed by atoms with E-state index in [0.29, 0.717) is 16.6 Å². The standard InChI is InChI=1S/C16H15Cl2NO2/c1-11-3-6-13(21-11)10-19(2)16(20)8-5-12-4-7-14(17)15(18)9-12/h3-9H,10H2,1-2H3/b8-5+. The monoisotopic (exact) mass is 323 g/mol. The molecule has 0 bridgehead atoms. The van der Waals surface area contributed by atoms with Crippen molar-refractivity contribution in [2.45, 2.75) is 13.5 Å². The summed E-state index contributed by atoms with van der Waals surface area (Å²) in [7, 11) is 1.72. The quantitative estimate of drug-likeness (QED) is 0.772. The van der Waals surface area contributed by atoms with Gasteiger partial charge in [-0.05, 0) is 42.8 Å². The van der Waals surface area contributed by atoms with E-state index in [-0.39, 0.29) is 5.91 Å². The molecule has 0 saturated heterocycles. The summed E-state index contributed by atoms with van der Waals surface area (Å²) in [5.41, 5.74) is 0.819. The maximum absolute atomic E-state index is 12.0. The molecule has 2 aromatic rings. The number of amides is 1. The van der Waals surface area contributed by atoms with Gasteiger partial charge in [0.25, 0.3) is 0 Å². The van der Waals surface area contributed by atoms with Crippen LogP contribution in [0, 0.1) is 6.92 Å². The van der Waals surface area contributed by atoms with E-state index in [1.807, 2.05) is 19.1 Å². The average molecular weight is 324 g/mol. The summed E-state index contributed by atoms with van der Waals surface area (Å²) >= 11 is 11.8. The molecular weight excluding hydrogens is 309 g/mol. The highest BCUT2D eigenvalue weighted by Crippen LogP contribution is 2.23. The van der Waals surface area contributed by atoms with Crippen molar-refractivity contribution < 1.29 is 9.21 Å². The van der Waals surface area contributed by atoms with Crippen LogP contribution in [0.5, 0.6) is 0 Å². The Labute approximate surface area is 133 Å². The van der Waals surface area contributed by atoms with Crippen LogP contribution in [0.4, 0.5) is 0 Å². The lowest BCUT2D eigenvalue weighted by molar-refractivity contribution is -0.125. The number of carbonyl (C=O) groups is 1. The van der Waals surface area contributed by atoms with Crippen LogP contribution in [-0.2, 0) is 11.3 Å². The minimum atomic E-state index is -0.116. The van der Waals surface area contributed by atoms with Gasteiger partial charge in [0.05, 0.1) is 16.6 Å². The van der Waals surface area contributed by atoms with Crippen LogP contribution in [-0.4, -0.2) is 17.9 Å². The molecule has 0 aliphatic heterocycles. The summed E-state index contributed by atoms with van der Waals surface area (Å²) in [4.78, 5) is 13.6. The fourth-order valence-electron chi connectivity index (χ4n) is 1.79. The van der Waals surface area contributed by atoms with Crippen molar-refractivity contribution in [1.29, 1.82) is 0 Å². The minimum Gasteiger partial charge on any atom is -0.464 e. The minimum absolute atomic E-state index is 0.116. The number of aryl methyl sites for hydroxylation is 1. The number of halogens is 2. The van der Waals surface area contributed by atoms with Crippen LogP contribution in [0.15, 0.2) is 40.8 Å². The second kappa shape index (κ2) is 6.83. The van der Waals surface area contributed by atoms with Gasteiger partial charge < -0.3 is 9.32 Å². The van der Waals surface area contributed by atoms with Crippen molar-refractivity contribution in [2.75, 3.05) is 7.05 Å². The Hall–Kier alpha value is -1.71. The first-order valence-corrected chi connectivity index (χ1v) is 7.15. The van der Waals surface area contributed by atoms with E-state index >= 15 is 0 Å². The number of nitrogens with zero attached hydrogens (tertiary/aromatic N) is 1. The number of furan rings is 1. The molecule has 1 aromatic carbocycles. The number of hydrogen-bond acceptors (Lipinski definition) is 2. The molecule has 0 N–H and O–H groups in total. The van der Waals surface area contributed by atoms with E-state index in [0.717, 1.165) is 17.1 Å². The van der Waals surface area contributed by atoms with Crippen molar-refractivity contribution >= 4 is 35.2 Å². The Balaban J connectivity index is 1.99. The molecule has 1 heterocycles. The first-order chi connectivity index (χ1) is 9.95. The number of likely N-dealkylation sites (N-methyl/N-ethyl adjacent to an activating group) is 1. The molecule has 0 unspecified atom stereocenters. The second-order valence-corrected chi connectivity index (χ2v) is 5.53. The summed E-state index contributed by atoms with van der Waals surface area (Å²) in [5, 5.41) is 0.955. The Morgan fingerprint density at radius 2 is 2.00 bits per heavy atom. The van der Waals surface area contributed by atoms with Gasteiger partial charge in [0.15, 0.2) is 0 Å². The predicted octanol–water partition coefficient (Wildman–Crippen LogP) is 4.57. The highest BCUT2D eigenvalue weighted by Gasteiger charge is 2.08. The summed E-state index contributed by atoms with van der Waals surface area (Å²) < 4.78 is 5.45. The molecule has 21 heavy (non-hydrogen) atoms. The van der Waals surface area contributed by atoms with E-state index in [4.69, 9.17) is 27.6 Å². The van der Waals surface area contributed by atoms with Gasteiger partial charge in [-0.15, -0.1) is 0 Å².